The molecule has 0 saturated heterocycles. The van der Waals surface area contributed by atoms with Crippen LogP contribution >= 0.6 is 0 Å². The highest BCUT2D eigenvalue weighted by atomic mass is 19.4. The zero-order valence-electron chi connectivity index (χ0n) is 27.4. The Morgan fingerprint density at radius 2 is 1.69 bits per heavy atom. The summed E-state index contributed by atoms with van der Waals surface area (Å²) in [7, 11) is 0. The van der Waals surface area contributed by atoms with Gasteiger partial charge in [-0.05, 0) is 86.0 Å². The van der Waals surface area contributed by atoms with Crippen molar-refractivity contribution in [3.63, 3.8) is 0 Å². The van der Waals surface area contributed by atoms with E-state index >= 15 is 0 Å². The number of hydrogen-bond donors (Lipinski definition) is 1. The van der Waals surface area contributed by atoms with E-state index in [0.717, 1.165) is 5.57 Å². The highest BCUT2D eigenvalue weighted by Crippen LogP contribution is 2.74. The number of fused-ring (bicyclic) bond motifs is 7. The molecular formula is C35H45F3N2O5. The first-order valence-electron chi connectivity index (χ1n) is 16.0. The molecule has 0 heterocycles. The molecule has 0 aliphatic heterocycles. The van der Waals surface area contributed by atoms with Gasteiger partial charge in [0.2, 0.25) is 5.91 Å². The van der Waals surface area contributed by atoms with Crippen LogP contribution in [0.3, 0.4) is 0 Å². The Morgan fingerprint density at radius 3 is 2.29 bits per heavy atom. The van der Waals surface area contributed by atoms with Crippen LogP contribution in [0.2, 0.25) is 0 Å². The van der Waals surface area contributed by atoms with Gasteiger partial charge in [-0.15, -0.1) is 0 Å². The Kier molecular flexibility index (Phi) is 7.62. The molecular weight excluding hydrogens is 585 g/mol. The average molecular weight is 631 g/mol. The van der Waals surface area contributed by atoms with Gasteiger partial charge >= 0.3 is 12.1 Å². The number of carbonyl (C=O) groups is 4. The number of rotatable bonds is 4. The number of ether oxygens (including phenoxy) is 1. The van der Waals surface area contributed by atoms with Crippen LogP contribution in [0.25, 0.3) is 0 Å². The number of Topliss-reactive ketones (excluding diaryl/α,β-unsaturated/α-hetero) is 1. The van der Waals surface area contributed by atoms with Crippen LogP contribution in [0.4, 0.5) is 13.2 Å². The van der Waals surface area contributed by atoms with E-state index in [2.05, 4.69) is 39.1 Å². The minimum absolute atomic E-state index is 0.0219. The number of carbonyl (C=O) groups excluding carboxylic acids is 4. The van der Waals surface area contributed by atoms with Crippen molar-refractivity contribution in [2.24, 2.45) is 50.2 Å². The minimum Gasteiger partial charge on any atom is -0.465 e. The number of nitrogens with zero attached hydrogens (tertiary/aromatic N) is 1. The lowest BCUT2D eigenvalue weighted by molar-refractivity contribution is -0.182. The van der Waals surface area contributed by atoms with Crippen LogP contribution in [0.5, 0.6) is 0 Å². The standard InChI is InChI=1S/C35H45F3N2O5/c1-20(41)45-19-31(5)24-8-9-32(6)25(30(24,4)15-21(17-39)27(31)43)14-23(42)26-22-16-29(2,3)10-12-34(22,13-11-33(26,32)7)28(44)40-18-35(36,37)38/h14-15,22,24,26H,8-13,16,18-19H2,1-7H3,(H,40,44)/t22?,24?,26?,30-,31-,32+,33+,34-/m0/s1. The Hall–Kier alpha value is -2.96. The molecule has 5 rings (SSSR count). The van der Waals surface area contributed by atoms with E-state index in [-0.39, 0.29) is 35.1 Å². The van der Waals surface area contributed by atoms with Gasteiger partial charge in [0.05, 0.1) is 16.4 Å². The third-order valence-electron chi connectivity index (χ3n) is 13.2. The van der Waals surface area contributed by atoms with Crippen molar-refractivity contribution in [1.29, 1.82) is 5.26 Å². The van der Waals surface area contributed by atoms with Crippen LogP contribution in [0.1, 0.15) is 93.4 Å². The molecule has 5 aliphatic rings. The van der Waals surface area contributed by atoms with Crippen LogP contribution in [-0.2, 0) is 23.9 Å². The largest absolute Gasteiger partial charge is 0.465 e. The van der Waals surface area contributed by atoms with E-state index in [4.69, 9.17) is 4.74 Å². The fourth-order valence-electron chi connectivity index (χ4n) is 10.6. The normalized spacial score (nSPS) is 42.0. The molecule has 246 valence electrons. The van der Waals surface area contributed by atoms with Gasteiger partial charge in [0.1, 0.15) is 19.2 Å². The fraction of sp³-hybridized carbons (Fsp3) is 0.743. The van der Waals surface area contributed by atoms with E-state index in [1.54, 1.807) is 19.1 Å². The maximum Gasteiger partial charge on any atom is 0.405 e. The molecule has 1 N–H and O–H groups in total. The van der Waals surface area contributed by atoms with Crippen LogP contribution in [-0.4, -0.2) is 42.8 Å². The molecule has 0 aromatic heterocycles. The third-order valence-corrected chi connectivity index (χ3v) is 13.2. The Balaban J connectivity index is 1.64. The molecule has 5 aliphatic carbocycles. The van der Waals surface area contributed by atoms with Crippen LogP contribution in [0, 0.1) is 61.6 Å². The summed E-state index contributed by atoms with van der Waals surface area (Å²) >= 11 is 0. The van der Waals surface area contributed by atoms with Gasteiger partial charge in [0.15, 0.2) is 11.6 Å². The highest BCUT2D eigenvalue weighted by molar-refractivity contribution is 6.05. The van der Waals surface area contributed by atoms with Gasteiger partial charge in [-0.1, -0.05) is 46.3 Å². The lowest BCUT2D eigenvalue weighted by Crippen LogP contribution is -2.67. The number of ketones is 2. The lowest BCUT2D eigenvalue weighted by Gasteiger charge is -2.69. The molecule has 3 fully saturated rings. The monoisotopic (exact) mass is 630 g/mol. The molecule has 7 nitrogen and oxygen atoms in total. The summed E-state index contributed by atoms with van der Waals surface area (Å²) < 4.78 is 45.0. The van der Waals surface area contributed by atoms with E-state index in [9.17, 15) is 37.6 Å². The zero-order chi connectivity index (χ0) is 33.6. The molecule has 0 bridgehead atoms. The van der Waals surface area contributed by atoms with Crippen molar-refractivity contribution < 1.29 is 37.1 Å². The van der Waals surface area contributed by atoms with Gasteiger partial charge in [-0.2, -0.15) is 18.4 Å². The lowest BCUT2D eigenvalue weighted by atomic mass is 9.34. The molecule has 0 aromatic rings. The van der Waals surface area contributed by atoms with Crippen LogP contribution < -0.4 is 5.32 Å². The van der Waals surface area contributed by atoms with E-state index in [0.29, 0.717) is 44.9 Å². The summed E-state index contributed by atoms with van der Waals surface area (Å²) in [6.45, 7) is 11.8. The van der Waals surface area contributed by atoms with E-state index in [1.807, 2.05) is 6.92 Å². The Bertz CT molecular complexity index is 1460. The summed E-state index contributed by atoms with van der Waals surface area (Å²) in [5, 5.41) is 12.2. The predicted octanol–water partition coefficient (Wildman–Crippen LogP) is 6.43. The maximum absolute atomic E-state index is 14.6. The summed E-state index contributed by atoms with van der Waals surface area (Å²) in [5.74, 6) is -3.01. The summed E-state index contributed by atoms with van der Waals surface area (Å²) in [4.78, 5) is 53.8. The molecule has 8 atom stereocenters. The number of halogens is 3. The maximum atomic E-state index is 14.6. The van der Waals surface area contributed by atoms with Gasteiger partial charge < -0.3 is 10.1 Å². The number of allylic oxidation sites excluding steroid dienone is 4. The third kappa shape index (κ3) is 4.81. The summed E-state index contributed by atoms with van der Waals surface area (Å²) in [5.41, 5.74) is -3.67. The topological polar surface area (TPSA) is 113 Å². The molecule has 1 amide bonds. The number of alkyl halides is 3. The Morgan fingerprint density at radius 1 is 1.04 bits per heavy atom. The second-order valence-electron chi connectivity index (χ2n) is 16.2. The number of hydrogen-bond acceptors (Lipinski definition) is 6. The average Bonchev–Trinajstić information content (AvgIpc) is 2.93. The molecule has 0 radical (unpaired) electrons. The zero-order valence-corrected chi connectivity index (χ0v) is 27.4. The van der Waals surface area contributed by atoms with Crippen molar-refractivity contribution in [1.82, 2.24) is 5.32 Å². The van der Waals surface area contributed by atoms with Gasteiger partial charge in [-0.25, -0.2) is 0 Å². The van der Waals surface area contributed by atoms with Crippen molar-refractivity contribution in [3.8, 4) is 6.07 Å². The molecule has 0 aromatic carbocycles. The first-order chi connectivity index (χ1) is 20.6. The van der Waals surface area contributed by atoms with Crippen molar-refractivity contribution >= 4 is 23.4 Å². The second kappa shape index (κ2) is 10.3. The molecule has 0 spiro atoms. The Labute approximate surface area is 263 Å². The minimum atomic E-state index is -4.54. The number of nitriles is 1. The number of esters is 1. The van der Waals surface area contributed by atoms with Gasteiger partial charge in [0, 0.05) is 18.3 Å². The van der Waals surface area contributed by atoms with Crippen molar-refractivity contribution in [3.05, 3.63) is 23.3 Å². The van der Waals surface area contributed by atoms with Crippen LogP contribution in [0.15, 0.2) is 23.3 Å². The van der Waals surface area contributed by atoms with E-state index < -0.39 is 63.5 Å². The molecule has 10 heteroatoms. The number of nitrogens with one attached hydrogen (secondary N) is 1. The van der Waals surface area contributed by atoms with Crippen molar-refractivity contribution in [2.75, 3.05) is 13.2 Å². The second-order valence-corrected chi connectivity index (χ2v) is 16.2. The first-order valence-corrected chi connectivity index (χ1v) is 16.0. The van der Waals surface area contributed by atoms with E-state index in [1.165, 1.54) is 6.92 Å². The summed E-state index contributed by atoms with van der Waals surface area (Å²) in [6, 6.07) is 2.06. The first kappa shape index (κ1) is 33.4. The number of amides is 1. The molecule has 45 heavy (non-hydrogen) atoms. The van der Waals surface area contributed by atoms with Crippen molar-refractivity contribution in [2.45, 2.75) is 99.6 Å². The van der Waals surface area contributed by atoms with Gasteiger partial charge in [-0.3, -0.25) is 19.2 Å². The fourth-order valence-corrected chi connectivity index (χ4v) is 10.6. The van der Waals surface area contributed by atoms with Gasteiger partial charge in [0.25, 0.3) is 0 Å². The SMILES string of the molecule is CC(=O)OC[C@]1(C)C(=O)C(C#N)=C[C@]2(C)C3=CC(=O)C4C5CC(C)(C)CC[C@]5(C(=O)NCC(F)(F)F)CC[C@@]4(C)[C@]3(C)CCC21. The highest BCUT2D eigenvalue weighted by Gasteiger charge is 2.71. The quantitative estimate of drug-likeness (QED) is 0.359. The molecule has 3 saturated carbocycles. The smallest absolute Gasteiger partial charge is 0.405 e. The molecule has 3 unspecified atom stereocenters. The predicted molar refractivity (Wildman–Crippen MR) is 159 cm³/mol. The summed E-state index contributed by atoms with van der Waals surface area (Å²) in [6.07, 6.45) is 2.55.